The lowest BCUT2D eigenvalue weighted by atomic mass is 9.62. The van der Waals surface area contributed by atoms with Gasteiger partial charge in [-0.25, -0.2) is 0 Å². The van der Waals surface area contributed by atoms with Gasteiger partial charge in [-0.3, -0.25) is 0 Å². The molecule has 0 spiro atoms. The zero-order valence-electron chi connectivity index (χ0n) is 11.3. The molecule has 1 aliphatic rings. The second-order valence-electron chi connectivity index (χ2n) is 5.73. The predicted molar refractivity (Wildman–Crippen MR) is 72.0 cm³/mol. The smallest absolute Gasteiger partial charge is 0.0291 e. The van der Waals surface area contributed by atoms with Crippen LogP contribution >= 0.6 is 0 Å². The van der Waals surface area contributed by atoms with Gasteiger partial charge in [0.15, 0.2) is 0 Å². The van der Waals surface area contributed by atoms with E-state index in [9.17, 15) is 0 Å². The first-order valence-electron chi connectivity index (χ1n) is 6.67. The maximum atomic E-state index is 5.71. The zero-order chi connectivity index (χ0) is 12.3. The first-order chi connectivity index (χ1) is 7.52. The molecule has 0 aromatic carbocycles. The molecule has 0 amide bonds. The highest BCUT2D eigenvalue weighted by atomic mass is 14.4. The van der Waals surface area contributed by atoms with Crippen molar-refractivity contribution in [3.8, 4) is 12.3 Å². The van der Waals surface area contributed by atoms with Crippen molar-refractivity contribution in [3.63, 3.8) is 0 Å². The Hall–Kier alpha value is -0.700. The van der Waals surface area contributed by atoms with Crippen LogP contribution in [0.4, 0.5) is 0 Å². The summed E-state index contributed by atoms with van der Waals surface area (Å²) in [7, 11) is 0. The van der Waals surface area contributed by atoms with Crippen molar-refractivity contribution in [2.45, 2.75) is 47.0 Å². The molecule has 0 heterocycles. The molecule has 0 radical (unpaired) electrons. The highest BCUT2D eigenvalue weighted by Crippen LogP contribution is 2.45. The number of rotatable bonds is 3. The van der Waals surface area contributed by atoms with Gasteiger partial charge in [0.25, 0.3) is 0 Å². The molecule has 1 aliphatic carbocycles. The van der Waals surface area contributed by atoms with E-state index < -0.39 is 0 Å². The van der Waals surface area contributed by atoms with Crippen LogP contribution in [0.1, 0.15) is 47.0 Å². The van der Waals surface area contributed by atoms with Gasteiger partial charge in [0, 0.05) is 5.92 Å². The van der Waals surface area contributed by atoms with E-state index >= 15 is 0 Å². The Morgan fingerprint density at radius 3 is 2.56 bits per heavy atom. The van der Waals surface area contributed by atoms with Crippen LogP contribution in [0.15, 0.2) is 12.2 Å². The molecule has 1 saturated carbocycles. The lowest BCUT2D eigenvalue weighted by Gasteiger charge is -2.42. The first kappa shape index (κ1) is 13.4. The lowest BCUT2D eigenvalue weighted by Crippen LogP contribution is -2.34. The minimum absolute atomic E-state index is 0.419. The van der Waals surface area contributed by atoms with Crippen molar-refractivity contribution in [2.24, 2.45) is 29.6 Å². The molecule has 90 valence electrons. The van der Waals surface area contributed by atoms with E-state index in [-0.39, 0.29) is 0 Å². The van der Waals surface area contributed by atoms with Crippen LogP contribution in [0.2, 0.25) is 0 Å². The van der Waals surface area contributed by atoms with Crippen LogP contribution in [0, 0.1) is 41.9 Å². The fraction of sp³-hybridized carbons (Fsp3) is 0.750. The fourth-order valence-electron chi connectivity index (χ4n) is 3.26. The summed E-state index contributed by atoms with van der Waals surface area (Å²) in [5, 5.41) is 0. The minimum atomic E-state index is 0.419. The normalized spacial score (nSPS) is 35.1. The van der Waals surface area contributed by atoms with Crippen LogP contribution in [-0.4, -0.2) is 0 Å². The fourth-order valence-corrected chi connectivity index (χ4v) is 3.26. The van der Waals surface area contributed by atoms with Gasteiger partial charge in [-0.2, -0.15) is 0 Å². The Bertz CT molecular complexity index is 279. The summed E-state index contributed by atoms with van der Waals surface area (Å²) < 4.78 is 0. The molecule has 0 nitrogen and oxygen atoms in total. The van der Waals surface area contributed by atoms with E-state index in [1.807, 2.05) is 0 Å². The van der Waals surface area contributed by atoms with Crippen LogP contribution < -0.4 is 0 Å². The molecule has 4 unspecified atom stereocenters. The molecule has 0 heteroatoms. The van der Waals surface area contributed by atoms with Crippen molar-refractivity contribution >= 4 is 0 Å². The Morgan fingerprint density at radius 1 is 1.50 bits per heavy atom. The largest absolute Gasteiger partial charge is 0.120 e. The lowest BCUT2D eigenvalue weighted by molar-refractivity contribution is 0.188. The van der Waals surface area contributed by atoms with E-state index in [4.69, 9.17) is 6.42 Å². The molecule has 0 N–H and O–H groups in total. The average molecular weight is 218 g/mol. The van der Waals surface area contributed by atoms with Crippen molar-refractivity contribution in [1.29, 1.82) is 0 Å². The Labute approximate surface area is 102 Å². The van der Waals surface area contributed by atoms with Crippen LogP contribution in [0.3, 0.4) is 0 Å². The SMILES string of the molecule is C#CC1C(C)CC(C(C)C)C(=C)C1CCC. The zero-order valence-corrected chi connectivity index (χ0v) is 11.3. The quantitative estimate of drug-likeness (QED) is 0.482. The summed E-state index contributed by atoms with van der Waals surface area (Å²) in [4.78, 5) is 0. The molecule has 0 aliphatic heterocycles. The van der Waals surface area contributed by atoms with Gasteiger partial charge in [0.05, 0.1) is 0 Å². The molecular formula is C16H26. The van der Waals surface area contributed by atoms with Crippen LogP contribution in [0.25, 0.3) is 0 Å². The monoisotopic (exact) mass is 218 g/mol. The third-order valence-corrected chi connectivity index (χ3v) is 4.22. The van der Waals surface area contributed by atoms with Crippen molar-refractivity contribution < 1.29 is 0 Å². The molecule has 0 aromatic rings. The second kappa shape index (κ2) is 5.58. The highest BCUT2D eigenvalue weighted by molar-refractivity contribution is 5.18. The Kier molecular flexibility index (Phi) is 4.66. The average Bonchev–Trinajstić information content (AvgIpc) is 2.23. The van der Waals surface area contributed by atoms with E-state index in [0.29, 0.717) is 29.6 Å². The van der Waals surface area contributed by atoms with Gasteiger partial charge in [0.2, 0.25) is 0 Å². The standard InChI is InChI=1S/C16H26/c1-7-9-15-13(6)16(11(3)4)10-12(5)14(15)8-2/h2,11-12,14-16H,6-7,9-10H2,1,3-5H3. The second-order valence-corrected chi connectivity index (χ2v) is 5.73. The van der Waals surface area contributed by atoms with E-state index in [2.05, 4.69) is 40.2 Å². The Balaban J connectivity index is 2.90. The van der Waals surface area contributed by atoms with Gasteiger partial charge >= 0.3 is 0 Å². The maximum absolute atomic E-state index is 5.71. The summed E-state index contributed by atoms with van der Waals surface area (Å²) in [5.41, 5.74) is 1.43. The molecule has 0 saturated heterocycles. The molecule has 16 heavy (non-hydrogen) atoms. The topological polar surface area (TPSA) is 0 Å². The van der Waals surface area contributed by atoms with Crippen molar-refractivity contribution in [3.05, 3.63) is 12.2 Å². The summed E-state index contributed by atoms with van der Waals surface area (Å²) in [6.45, 7) is 13.5. The molecule has 1 rings (SSSR count). The summed E-state index contributed by atoms with van der Waals surface area (Å²) >= 11 is 0. The Morgan fingerprint density at radius 2 is 2.12 bits per heavy atom. The number of hydrogen-bond acceptors (Lipinski definition) is 0. The molecule has 4 atom stereocenters. The van der Waals surface area contributed by atoms with Gasteiger partial charge in [-0.1, -0.05) is 46.3 Å². The summed E-state index contributed by atoms with van der Waals surface area (Å²) in [6, 6.07) is 0. The molecular weight excluding hydrogens is 192 g/mol. The third kappa shape index (κ3) is 2.51. The van der Waals surface area contributed by atoms with E-state index in [0.717, 1.165) is 0 Å². The number of terminal acetylenes is 1. The van der Waals surface area contributed by atoms with Crippen molar-refractivity contribution in [2.75, 3.05) is 0 Å². The van der Waals surface area contributed by atoms with Gasteiger partial charge in [-0.05, 0) is 36.5 Å². The molecule has 0 bridgehead atoms. The highest BCUT2D eigenvalue weighted by Gasteiger charge is 2.37. The summed E-state index contributed by atoms with van der Waals surface area (Å²) in [6.07, 6.45) is 9.35. The van der Waals surface area contributed by atoms with Gasteiger partial charge in [-0.15, -0.1) is 12.3 Å². The van der Waals surface area contributed by atoms with Crippen LogP contribution in [0.5, 0.6) is 0 Å². The van der Waals surface area contributed by atoms with E-state index in [1.165, 1.54) is 24.8 Å². The minimum Gasteiger partial charge on any atom is -0.120 e. The maximum Gasteiger partial charge on any atom is 0.0291 e. The predicted octanol–water partition coefficient (Wildman–Crippen LogP) is 4.52. The van der Waals surface area contributed by atoms with Crippen LogP contribution in [-0.2, 0) is 0 Å². The van der Waals surface area contributed by atoms with E-state index in [1.54, 1.807) is 0 Å². The van der Waals surface area contributed by atoms with Gasteiger partial charge < -0.3 is 0 Å². The number of allylic oxidation sites excluding steroid dienone is 1. The van der Waals surface area contributed by atoms with Gasteiger partial charge in [0.1, 0.15) is 0 Å². The van der Waals surface area contributed by atoms with Crippen molar-refractivity contribution in [1.82, 2.24) is 0 Å². The summed E-state index contributed by atoms with van der Waals surface area (Å²) in [5.74, 6) is 6.03. The number of hydrogen-bond donors (Lipinski definition) is 0. The first-order valence-corrected chi connectivity index (χ1v) is 6.67. The molecule has 0 aromatic heterocycles. The molecule has 1 fully saturated rings. The third-order valence-electron chi connectivity index (χ3n) is 4.22.